The van der Waals surface area contributed by atoms with Gasteiger partial charge in [-0.3, -0.25) is 0 Å². The highest BCUT2D eigenvalue weighted by atomic mass is 19.4. The maximum atomic E-state index is 14.3. The summed E-state index contributed by atoms with van der Waals surface area (Å²) in [4.78, 5) is 0. The molecule has 1 saturated carbocycles. The maximum absolute atomic E-state index is 14.3. The molecule has 0 aliphatic heterocycles. The molecule has 0 radical (unpaired) electrons. The molecule has 1 unspecified atom stereocenters. The van der Waals surface area contributed by atoms with Crippen LogP contribution in [0.25, 0.3) is 11.8 Å². The third-order valence-corrected chi connectivity index (χ3v) is 9.16. The number of aromatic nitrogens is 2. The van der Waals surface area contributed by atoms with Gasteiger partial charge in [-0.2, -0.15) is 27.1 Å². The molecule has 42 heavy (non-hydrogen) atoms. The molecule has 3 aliphatic carbocycles. The molecule has 10 heteroatoms. The zero-order valence-electron chi connectivity index (χ0n) is 23.0. The Bertz CT molecular complexity index is 1510. The van der Waals surface area contributed by atoms with E-state index < -0.39 is 30.0 Å². The highest BCUT2D eigenvalue weighted by molar-refractivity contribution is 5.63. The van der Waals surface area contributed by atoms with Crippen LogP contribution >= 0.6 is 0 Å². The number of nitrogens with one attached hydrogen (secondary N) is 1. The van der Waals surface area contributed by atoms with Gasteiger partial charge >= 0.3 is 12.8 Å². The maximum Gasteiger partial charge on any atom is 0.392 e. The van der Waals surface area contributed by atoms with Crippen LogP contribution < -0.4 is 10.1 Å². The van der Waals surface area contributed by atoms with Crippen molar-refractivity contribution in [1.82, 2.24) is 15.1 Å². The highest BCUT2D eigenvalue weighted by Crippen LogP contribution is 2.58. The third kappa shape index (κ3) is 5.37. The first-order chi connectivity index (χ1) is 20.0. The van der Waals surface area contributed by atoms with Gasteiger partial charge in [0.15, 0.2) is 0 Å². The van der Waals surface area contributed by atoms with E-state index >= 15 is 0 Å². The van der Waals surface area contributed by atoms with Gasteiger partial charge in [0, 0.05) is 12.0 Å². The smallest absolute Gasteiger partial charge is 0.392 e. The van der Waals surface area contributed by atoms with Crippen LogP contribution in [0.4, 0.5) is 26.3 Å². The minimum atomic E-state index is -4.34. The second-order valence-corrected chi connectivity index (χ2v) is 11.6. The number of alkyl halides is 5. The Morgan fingerprint density at radius 3 is 2.67 bits per heavy atom. The molecule has 4 atom stereocenters. The van der Waals surface area contributed by atoms with Crippen molar-refractivity contribution >= 4 is 6.08 Å². The standard InChI is InChI=1S/C32H31F6N3O/c1-31-15-20-17-40-41(23-8-6-22(33)7-9-23)29(20)14-21(31)5-10-25-26(28(32(36,37)38)12-11-27(25)31)18-39-16-19-3-2-4-24(13-19)42-30(34)35/h2-4,6-9,11,13-14,17,25-26,28,30,39H,5,10,12,15-16,18H2,1H3/t25?,26-,28-,31+/m1/s1. The lowest BCUT2D eigenvalue weighted by Gasteiger charge is -2.51. The number of nitrogens with zero attached hydrogens (tertiary/aromatic N) is 2. The summed E-state index contributed by atoms with van der Waals surface area (Å²) in [5.41, 5.74) is 5.15. The zero-order valence-corrected chi connectivity index (χ0v) is 23.0. The lowest BCUT2D eigenvalue weighted by atomic mass is 9.54. The van der Waals surface area contributed by atoms with Crippen molar-refractivity contribution in [3.8, 4) is 11.4 Å². The van der Waals surface area contributed by atoms with E-state index in [1.54, 1.807) is 35.1 Å². The third-order valence-electron chi connectivity index (χ3n) is 9.16. The van der Waals surface area contributed by atoms with Gasteiger partial charge in [0.25, 0.3) is 0 Å². The van der Waals surface area contributed by atoms with E-state index in [0.29, 0.717) is 24.8 Å². The van der Waals surface area contributed by atoms with Crippen molar-refractivity contribution in [2.24, 2.45) is 23.2 Å². The normalized spacial score (nSPS) is 25.3. The van der Waals surface area contributed by atoms with Crippen LogP contribution in [-0.2, 0) is 13.0 Å². The molecule has 1 aromatic heterocycles. The van der Waals surface area contributed by atoms with Crippen molar-refractivity contribution < 1.29 is 31.1 Å². The quantitative estimate of drug-likeness (QED) is 0.226. The number of fused-ring (bicyclic) bond motifs is 4. The average molecular weight is 588 g/mol. The lowest BCUT2D eigenvalue weighted by Crippen LogP contribution is -2.48. The largest absolute Gasteiger partial charge is 0.435 e. The molecule has 222 valence electrons. The molecular formula is C32H31F6N3O. The van der Waals surface area contributed by atoms with E-state index in [1.165, 1.54) is 29.8 Å². The average Bonchev–Trinajstić information content (AvgIpc) is 3.33. The fourth-order valence-electron chi connectivity index (χ4n) is 7.21. The van der Waals surface area contributed by atoms with Crippen LogP contribution in [0, 0.1) is 29.0 Å². The van der Waals surface area contributed by atoms with Gasteiger partial charge in [-0.1, -0.05) is 36.3 Å². The number of halogens is 6. The predicted octanol–water partition coefficient (Wildman–Crippen LogP) is 7.88. The van der Waals surface area contributed by atoms with Gasteiger partial charge < -0.3 is 10.1 Å². The van der Waals surface area contributed by atoms with Gasteiger partial charge in [-0.05, 0) is 97.7 Å². The minimum Gasteiger partial charge on any atom is -0.435 e. The van der Waals surface area contributed by atoms with Gasteiger partial charge in [0.2, 0.25) is 0 Å². The van der Waals surface area contributed by atoms with E-state index in [-0.39, 0.29) is 37.0 Å². The number of rotatable bonds is 7. The van der Waals surface area contributed by atoms with Crippen LogP contribution in [-0.4, -0.2) is 29.1 Å². The molecule has 1 fully saturated rings. The van der Waals surface area contributed by atoms with E-state index in [4.69, 9.17) is 0 Å². The molecule has 2 aromatic carbocycles. The summed E-state index contributed by atoms with van der Waals surface area (Å²) < 4.78 is 87.9. The molecule has 3 aromatic rings. The number of hydrogen-bond donors (Lipinski definition) is 1. The van der Waals surface area contributed by atoms with E-state index in [0.717, 1.165) is 22.5 Å². The van der Waals surface area contributed by atoms with Crippen LogP contribution in [0.15, 0.2) is 72.0 Å². The molecule has 0 amide bonds. The van der Waals surface area contributed by atoms with Crippen molar-refractivity contribution in [2.45, 2.75) is 51.9 Å². The Labute approximate surface area is 240 Å². The molecule has 0 spiro atoms. The number of allylic oxidation sites excluding steroid dienone is 3. The lowest BCUT2D eigenvalue weighted by molar-refractivity contribution is -0.194. The van der Waals surface area contributed by atoms with E-state index in [2.05, 4.69) is 28.2 Å². The summed E-state index contributed by atoms with van der Waals surface area (Å²) in [6.45, 7) is -0.439. The van der Waals surface area contributed by atoms with Gasteiger partial charge in [0.1, 0.15) is 11.6 Å². The van der Waals surface area contributed by atoms with Crippen LogP contribution in [0.2, 0.25) is 0 Å². The molecule has 6 rings (SSSR count). The summed E-state index contributed by atoms with van der Waals surface area (Å²) >= 11 is 0. The molecule has 1 heterocycles. The molecule has 0 saturated heterocycles. The second-order valence-electron chi connectivity index (χ2n) is 11.6. The monoisotopic (exact) mass is 587 g/mol. The number of benzene rings is 2. The summed E-state index contributed by atoms with van der Waals surface area (Å²) in [5, 5.41) is 7.75. The van der Waals surface area contributed by atoms with Crippen LogP contribution in [0.3, 0.4) is 0 Å². The van der Waals surface area contributed by atoms with E-state index in [9.17, 15) is 26.3 Å². The predicted molar refractivity (Wildman–Crippen MR) is 147 cm³/mol. The first-order valence-electron chi connectivity index (χ1n) is 14.1. The minimum absolute atomic E-state index is 0.0132. The van der Waals surface area contributed by atoms with Gasteiger partial charge in [-0.25, -0.2) is 9.07 Å². The fraction of sp³-hybridized carbons (Fsp3) is 0.406. The first kappa shape index (κ1) is 28.6. The van der Waals surface area contributed by atoms with Crippen molar-refractivity contribution in [3.63, 3.8) is 0 Å². The summed E-state index contributed by atoms with van der Waals surface area (Å²) in [6.07, 6.45) is 3.22. The SMILES string of the molecule is C[C@]12Cc3cnn(-c4ccc(F)cc4)c3C=C1CCC1C2=CC[C@@H](C(F)(F)F)[C@@H]1CNCc1cccc(OC(F)F)c1. The molecule has 3 aliphatic rings. The Morgan fingerprint density at radius 2 is 1.93 bits per heavy atom. The molecular weight excluding hydrogens is 556 g/mol. The van der Waals surface area contributed by atoms with Gasteiger partial charge in [0.05, 0.1) is 23.5 Å². The van der Waals surface area contributed by atoms with E-state index in [1.807, 2.05) is 6.08 Å². The molecule has 1 N–H and O–H groups in total. The number of ether oxygens (including phenoxy) is 1. The second kappa shape index (κ2) is 10.9. The Balaban J connectivity index is 1.24. The van der Waals surface area contributed by atoms with Gasteiger partial charge in [-0.15, -0.1) is 0 Å². The fourth-order valence-corrected chi connectivity index (χ4v) is 7.21. The van der Waals surface area contributed by atoms with Crippen molar-refractivity contribution in [3.05, 3.63) is 94.6 Å². The van der Waals surface area contributed by atoms with Crippen LogP contribution in [0.5, 0.6) is 5.75 Å². The van der Waals surface area contributed by atoms with Crippen molar-refractivity contribution in [2.75, 3.05) is 6.54 Å². The Kier molecular flexibility index (Phi) is 7.45. The van der Waals surface area contributed by atoms with Crippen molar-refractivity contribution in [1.29, 1.82) is 0 Å². The topological polar surface area (TPSA) is 39.1 Å². The summed E-state index contributed by atoms with van der Waals surface area (Å²) in [7, 11) is 0. The summed E-state index contributed by atoms with van der Waals surface area (Å²) in [5.74, 6) is -2.70. The first-order valence-corrected chi connectivity index (χ1v) is 14.1. The molecule has 0 bridgehead atoms. The Hall–Kier alpha value is -3.53. The highest BCUT2D eigenvalue weighted by Gasteiger charge is 2.54. The number of hydrogen-bond acceptors (Lipinski definition) is 3. The molecule has 4 nitrogen and oxygen atoms in total. The summed E-state index contributed by atoms with van der Waals surface area (Å²) in [6, 6.07) is 12.3. The Morgan fingerprint density at radius 1 is 1.14 bits per heavy atom. The zero-order chi connectivity index (χ0) is 29.6. The van der Waals surface area contributed by atoms with Crippen LogP contribution in [0.1, 0.15) is 43.0 Å².